The first-order chi connectivity index (χ1) is 17.5. The van der Waals surface area contributed by atoms with E-state index in [-0.39, 0.29) is 11.6 Å². The van der Waals surface area contributed by atoms with E-state index in [0.717, 1.165) is 61.8 Å². The third-order valence-electron chi connectivity index (χ3n) is 7.89. The van der Waals surface area contributed by atoms with E-state index in [0.29, 0.717) is 22.6 Å². The maximum atomic E-state index is 13.8. The van der Waals surface area contributed by atoms with Gasteiger partial charge in [-0.05, 0) is 82.7 Å². The first-order valence-electron chi connectivity index (χ1n) is 12.3. The zero-order valence-corrected chi connectivity index (χ0v) is 21.2. The van der Waals surface area contributed by atoms with Gasteiger partial charge in [-0.1, -0.05) is 0 Å². The highest BCUT2D eigenvalue weighted by molar-refractivity contribution is 7.81. The summed E-state index contributed by atoms with van der Waals surface area (Å²) >= 11 is 5.91. The highest BCUT2D eigenvalue weighted by Gasteiger charge is 2.59. The molecule has 1 aromatic carbocycles. The van der Waals surface area contributed by atoms with E-state index < -0.39 is 5.54 Å². The Labute approximate surface area is 214 Å². The highest BCUT2D eigenvalue weighted by Crippen LogP contribution is 2.48. The van der Waals surface area contributed by atoms with Crippen LogP contribution in [0.2, 0.25) is 0 Å². The van der Waals surface area contributed by atoms with Crippen molar-refractivity contribution in [3.05, 3.63) is 42.4 Å². The summed E-state index contributed by atoms with van der Waals surface area (Å²) in [5.41, 5.74) is 1.97. The van der Waals surface area contributed by atoms with Crippen LogP contribution < -0.4 is 14.5 Å². The molecule has 1 aliphatic carbocycles. The van der Waals surface area contributed by atoms with Gasteiger partial charge in [0.15, 0.2) is 16.6 Å². The molecule has 1 amide bonds. The van der Waals surface area contributed by atoms with Crippen LogP contribution in [-0.4, -0.2) is 63.5 Å². The monoisotopic (exact) mass is 501 g/mol. The fourth-order valence-electron chi connectivity index (χ4n) is 5.71. The fourth-order valence-corrected chi connectivity index (χ4v) is 6.18. The number of aromatic nitrogens is 3. The molecule has 3 aliphatic rings. The zero-order valence-electron chi connectivity index (χ0n) is 20.3. The van der Waals surface area contributed by atoms with Crippen LogP contribution >= 0.6 is 12.2 Å². The molecule has 2 saturated heterocycles. The number of hydrogen-bond donors (Lipinski definition) is 0. The van der Waals surface area contributed by atoms with Crippen LogP contribution in [0.25, 0.3) is 10.9 Å². The number of methoxy groups -OCH3 is 1. The number of anilines is 2. The molecule has 0 unspecified atom stereocenters. The Balaban J connectivity index is 1.37. The first kappa shape index (κ1) is 22.9. The number of likely N-dealkylation sites (tertiary alicyclic amines) is 1. The molecule has 0 atom stereocenters. The summed E-state index contributed by atoms with van der Waals surface area (Å²) in [6, 6.07) is 10.3. The van der Waals surface area contributed by atoms with Crippen LogP contribution in [-0.2, 0) is 4.79 Å². The van der Waals surface area contributed by atoms with Gasteiger partial charge >= 0.3 is 0 Å². The Bertz CT molecular complexity index is 1420. The van der Waals surface area contributed by atoms with Gasteiger partial charge in [-0.2, -0.15) is 10.4 Å². The van der Waals surface area contributed by atoms with Crippen LogP contribution in [0, 0.1) is 11.3 Å². The van der Waals surface area contributed by atoms with Crippen LogP contribution in [0.4, 0.5) is 11.4 Å². The standard InChI is InChI=1S/C26H27N7O2S/c1-30-10-6-18(7-11-30)33-22-5-4-19(12-17(22)15-29-33)32-25(36)31(24(34)26(32)8-3-9-26)20-13-23(35-2)21(14-27)28-16-20/h4-5,12-13,15-16,18H,3,6-11H2,1-2H3. The number of pyridine rings is 1. The molecule has 0 N–H and O–H groups in total. The lowest BCUT2D eigenvalue weighted by atomic mass is 9.75. The number of rotatable bonds is 4. The third kappa shape index (κ3) is 3.30. The molecular weight excluding hydrogens is 474 g/mol. The van der Waals surface area contributed by atoms with Crippen molar-refractivity contribution in [3.63, 3.8) is 0 Å². The lowest BCUT2D eigenvalue weighted by Crippen LogP contribution is -2.55. The van der Waals surface area contributed by atoms with Gasteiger partial charge in [0.05, 0.1) is 36.7 Å². The van der Waals surface area contributed by atoms with E-state index in [9.17, 15) is 10.1 Å². The van der Waals surface area contributed by atoms with Crippen molar-refractivity contribution in [1.29, 1.82) is 5.26 Å². The van der Waals surface area contributed by atoms with Crippen molar-refractivity contribution in [3.8, 4) is 11.8 Å². The maximum Gasteiger partial charge on any atom is 0.259 e. The van der Waals surface area contributed by atoms with Gasteiger partial charge in [-0.25, -0.2) is 4.98 Å². The number of carbonyl (C=O) groups is 1. The van der Waals surface area contributed by atoms with Crippen molar-refractivity contribution in [2.24, 2.45) is 0 Å². The number of amides is 1. The summed E-state index contributed by atoms with van der Waals surface area (Å²) in [6.07, 6.45) is 8.02. The molecule has 2 aromatic heterocycles. The van der Waals surface area contributed by atoms with Gasteiger partial charge in [0, 0.05) is 17.1 Å². The molecule has 3 aromatic rings. The minimum atomic E-state index is -0.699. The largest absolute Gasteiger partial charge is 0.494 e. The molecule has 0 radical (unpaired) electrons. The number of fused-ring (bicyclic) bond motifs is 1. The lowest BCUT2D eigenvalue weighted by Gasteiger charge is -2.43. The molecule has 1 saturated carbocycles. The van der Waals surface area contributed by atoms with Crippen LogP contribution in [0.3, 0.4) is 0 Å². The molecule has 0 bridgehead atoms. The van der Waals surface area contributed by atoms with E-state index in [1.807, 2.05) is 17.2 Å². The molecule has 9 nitrogen and oxygen atoms in total. The van der Waals surface area contributed by atoms with Crippen molar-refractivity contribution < 1.29 is 9.53 Å². The van der Waals surface area contributed by atoms with Gasteiger partial charge in [0.2, 0.25) is 0 Å². The summed E-state index contributed by atoms with van der Waals surface area (Å²) in [7, 11) is 3.64. The smallest absolute Gasteiger partial charge is 0.259 e. The normalized spacial score (nSPS) is 20.2. The minimum absolute atomic E-state index is 0.0607. The predicted molar refractivity (Wildman–Crippen MR) is 140 cm³/mol. The molecule has 3 fully saturated rings. The number of piperidine rings is 1. The Kier molecular flexibility index (Phi) is 5.43. The number of nitrogens with zero attached hydrogens (tertiary/aromatic N) is 7. The summed E-state index contributed by atoms with van der Waals surface area (Å²) in [6.45, 7) is 2.14. The van der Waals surface area contributed by atoms with Gasteiger partial charge in [-0.15, -0.1) is 0 Å². The van der Waals surface area contributed by atoms with Gasteiger partial charge in [0.25, 0.3) is 5.91 Å². The van der Waals surface area contributed by atoms with E-state index in [1.54, 1.807) is 6.07 Å². The van der Waals surface area contributed by atoms with E-state index in [2.05, 4.69) is 39.8 Å². The molecule has 2 aliphatic heterocycles. The lowest BCUT2D eigenvalue weighted by molar-refractivity contribution is -0.123. The Morgan fingerprint density at radius 1 is 1.17 bits per heavy atom. The third-order valence-corrected chi connectivity index (χ3v) is 8.25. The van der Waals surface area contributed by atoms with Gasteiger partial charge in [-0.3, -0.25) is 14.4 Å². The van der Waals surface area contributed by atoms with Crippen LogP contribution in [0.1, 0.15) is 43.8 Å². The molecule has 36 heavy (non-hydrogen) atoms. The zero-order chi connectivity index (χ0) is 25.0. The van der Waals surface area contributed by atoms with Gasteiger partial charge < -0.3 is 14.5 Å². The molecule has 10 heteroatoms. The Morgan fingerprint density at radius 2 is 1.94 bits per heavy atom. The summed E-state index contributed by atoms with van der Waals surface area (Å²) in [5.74, 6) is 0.254. The molecular formula is C26H27N7O2S. The van der Waals surface area contributed by atoms with Crippen molar-refractivity contribution in [1.82, 2.24) is 19.7 Å². The molecule has 4 heterocycles. The van der Waals surface area contributed by atoms with Crippen LogP contribution in [0.5, 0.6) is 5.75 Å². The number of carbonyl (C=O) groups excluding carboxylic acids is 1. The van der Waals surface area contributed by atoms with Gasteiger partial charge in [0.1, 0.15) is 11.6 Å². The van der Waals surface area contributed by atoms with E-state index in [4.69, 9.17) is 22.1 Å². The molecule has 6 rings (SSSR count). The summed E-state index contributed by atoms with van der Waals surface area (Å²) in [5, 5.41) is 15.5. The van der Waals surface area contributed by atoms with Crippen molar-refractivity contribution in [2.75, 3.05) is 37.0 Å². The number of benzene rings is 1. The SMILES string of the molecule is COc1cc(N2C(=O)C3(CCC3)N(c3ccc4c(cnn4C4CCN(C)CC4)c3)C2=S)cnc1C#N. The summed E-state index contributed by atoms with van der Waals surface area (Å²) in [4.78, 5) is 23.9. The number of ether oxygens (including phenoxy) is 1. The topological polar surface area (TPSA) is 90.5 Å². The maximum absolute atomic E-state index is 13.8. The highest BCUT2D eigenvalue weighted by atomic mass is 32.1. The average molecular weight is 502 g/mol. The first-order valence-corrected chi connectivity index (χ1v) is 12.7. The second-order valence-corrected chi connectivity index (χ2v) is 10.2. The minimum Gasteiger partial charge on any atom is -0.494 e. The average Bonchev–Trinajstić information content (AvgIpc) is 3.39. The molecule has 1 spiro atoms. The van der Waals surface area contributed by atoms with Crippen LogP contribution in [0.15, 0.2) is 36.7 Å². The quantitative estimate of drug-likeness (QED) is 0.501. The molecule has 184 valence electrons. The summed E-state index contributed by atoms with van der Waals surface area (Å²) < 4.78 is 7.48. The number of nitriles is 1. The number of hydrogen-bond acceptors (Lipinski definition) is 7. The second kappa shape index (κ2) is 8.54. The van der Waals surface area contributed by atoms with Crippen molar-refractivity contribution >= 4 is 45.5 Å². The second-order valence-electron chi connectivity index (χ2n) is 9.87. The Morgan fingerprint density at radius 3 is 2.61 bits per heavy atom. The Hall–Kier alpha value is -3.55. The predicted octanol–water partition coefficient (Wildman–Crippen LogP) is 3.64. The van der Waals surface area contributed by atoms with E-state index in [1.165, 1.54) is 18.2 Å². The van der Waals surface area contributed by atoms with E-state index >= 15 is 0 Å². The number of thiocarbonyl (C=S) groups is 1. The fraction of sp³-hybridized carbons (Fsp3) is 0.423. The van der Waals surface area contributed by atoms with Crippen molar-refractivity contribution in [2.45, 2.75) is 43.7 Å².